The van der Waals surface area contributed by atoms with Gasteiger partial charge in [-0.1, -0.05) is 42.5 Å². The van der Waals surface area contributed by atoms with E-state index >= 15 is 0 Å². The molecule has 0 aromatic heterocycles. The fourth-order valence-electron chi connectivity index (χ4n) is 3.45. The first kappa shape index (κ1) is 16.0. The van der Waals surface area contributed by atoms with Crippen LogP contribution in [0.1, 0.15) is 5.56 Å². The summed E-state index contributed by atoms with van der Waals surface area (Å²) in [6.45, 7) is 4.76. The third-order valence-corrected chi connectivity index (χ3v) is 4.86. The number of para-hydroxylation sites is 2. The fourth-order valence-corrected chi connectivity index (χ4v) is 3.45. The summed E-state index contributed by atoms with van der Waals surface area (Å²) in [5.74, 6) is 1.40. The zero-order valence-corrected chi connectivity index (χ0v) is 14.2. The van der Waals surface area contributed by atoms with Crippen LogP contribution in [-0.4, -0.2) is 49.7 Å². The van der Waals surface area contributed by atoms with E-state index in [2.05, 4.69) is 24.3 Å². The van der Waals surface area contributed by atoms with Crippen LogP contribution in [0.25, 0.3) is 0 Å². The number of ether oxygens (including phenoxy) is 2. The molecular formula is C20H23N2O3+. The molecule has 5 nitrogen and oxygen atoms in total. The number of benzene rings is 2. The van der Waals surface area contributed by atoms with Crippen molar-refractivity contribution in [1.29, 1.82) is 0 Å². The van der Waals surface area contributed by atoms with E-state index in [0.29, 0.717) is 11.5 Å². The van der Waals surface area contributed by atoms with Gasteiger partial charge in [-0.3, -0.25) is 4.79 Å². The van der Waals surface area contributed by atoms with Gasteiger partial charge in [0.25, 0.3) is 5.91 Å². The number of fused-ring (bicyclic) bond motifs is 1. The fraction of sp³-hybridized carbons (Fsp3) is 0.350. The first-order valence-corrected chi connectivity index (χ1v) is 8.84. The number of rotatable bonds is 3. The summed E-state index contributed by atoms with van der Waals surface area (Å²) in [4.78, 5) is 16.2. The quantitative estimate of drug-likeness (QED) is 0.898. The van der Waals surface area contributed by atoms with Crippen LogP contribution in [0, 0.1) is 0 Å². The number of nitrogens with zero attached hydrogens (tertiary/aromatic N) is 1. The van der Waals surface area contributed by atoms with Gasteiger partial charge in [0.1, 0.15) is 13.2 Å². The lowest BCUT2D eigenvalue weighted by molar-refractivity contribution is -0.917. The first-order chi connectivity index (χ1) is 12.3. The molecule has 0 aliphatic carbocycles. The summed E-state index contributed by atoms with van der Waals surface area (Å²) in [5, 5.41) is 0. The largest absolute Gasteiger partial charge is 0.485 e. The molecule has 2 aromatic carbocycles. The highest BCUT2D eigenvalue weighted by molar-refractivity contribution is 5.82. The summed E-state index contributed by atoms with van der Waals surface area (Å²) in [7, 11) is 0. The Balaban J connectivity index is 1.31. The normalized spacial score (nSPS) is 20.3. The molecule has 0 bridgehead atoms. The summed E-state index contributed by atoms with van der Waals surface area (Å²) in [6.07, 6.45) is -0.537. The second kappa shape index (κ2) is 7.15. The molecule has 130 valence electrons. The van der Waals surface area contributed by atoms with Crippen molar-refractivity contribution in [1.82, 2.24) is 4.90 Å². The number of quaternary nitrogens is 1. The SMILES string of the molecule is O=C([C@@H]1COc2ccccc2O1)N1CC[NH+](Cc2ccccc2)CC1. The summed E-state index contributed by atoms with van der Waals surface area (Å²) >= 11 is 0. The van der Waals surface area contributed by atoms with Crippen LogP contribution in [0.15, 0.2) is 54.6 Å². The highest BCUT2D eigenvalue weighted by atomic mass is 16.6. The molecule has 4 rings (SSSR count). The monoisotopic (exact) mass is 339 g/mol. The topological polar surface area (TPSA) is 43.2 Å². The van der Waals surface area contributed by atoms with Crippen LogP contribution >= 0.6 is 0 Å². The number of piperazine rings is 1. The van der Waals surface area contributed by atoms with Gasteiger partial charge >= 0.3 is 0 Å². The molecular weight excluding hydrogens is 316 g/mol. The van der Waals surface area contributed by atoms with E-state index < -0.39 is 6.10 Å². The lowest BCUT2D eigenvalue weighted by atomic mass is 10.2. The highest BCUT2D eigenvalue weighted by Gasteiger charge is 2.33. The standard InChI is InChI=1S/C20H22N2O3/c23-20(19-15-24-17-8-4-5-9-18(17)25-19)22-12-10-21(11-13-22)14-16-6-2-1-3-7-16/h1-9,19H,10-15H2/p+1/t19-/m0/s1. The average Bonchev–Trinajstić information content (AvgIpc) is 2.68. The lowest BCUT2D eigenvalue weighted by Crippen LogP contribution is -3.13. The summed E-state index contributed by atoms with van der Waals surface area (Å²) in [5.41, 5.74) is 1.35. The minimum atomic E-state index is -0.537. The van der Waals surface area contributed by atoms with E-state index in [4.69, 9.17) is 9.47 Å². The van der Waals surface area contributed by atoms with Crippen molar-refractivity contribution < 1.29 is 19.2 Å². The molecule has 2 heterocycles. The number of hydrogen-bond acceptors (Lipinski definition) is 3. The van der Waals surface area contributed by atoms with Crippen molar-refractivity contribution >= 4 is 5.91 Å². The number of hydrogen-bond donors (Lipinski definition) is 1. The predicted molar refractivity (Wildman–Crippen MR) is 93.8 cm³/mol. The Morgan fingerprint density at radius 1 is 1.00 bits per heavy atom. The Hall–Kier alpha value is -2.53. The maximum atomic E-state index is 12.7. The Morgan fingerprint density at radius 2 is 1.68 bits per heavy atom. The molecule has 1 fully saturated rings. The van der Waals surface area contributed by atoms with Gasteiger partial charge in [0.2, 0.25) is 6.10 Å². The minimum Gasteiger partial charge on any atom is -0.485 e. The summed E-state index contributed by atoms with van der Waals surface area (Å²) in [6, 6.07) is 18.0. The van der Waals surface area contributed by atoms with E-state index in [1.165, 1.54) is 10.5 Å². The van der Waals surface area contributed by atoms with E-state index in [1.807, 2.05) is 35.2 Å². The number of nitrogens with one attached hydrogen (secondary N) is 1. The van der Waals surface area contributed by atoms with Gasteiger partial charge in [-0.2, -0.15) is 0 Å². The third kappa shape index (κ3) is 3.61. The molecule has 0 spiro atoms. The lowest BCUT2D eigenvalue weighted by Gasteiger charge is -2.35. The Labute approximate surface area is 147 Å². The van der Waals surface area contributed by atoms with Crippen LogP contribution in [0.5, 0.6) is 11.5 Å². The molecule has 2 aliphatic heterocycles. The van der Waals surface area contributed by atoms with Crippen molar-refractivity contribution in [2.24, 2.45) is 0 Å². The Kier molecular flexibility index (Phi) is 4.57. The smallest absolute Gasteiger partial charge is 0.267 e. The van der Waals surface area contributed by atoms with Gasteiger partial charge in [0, 0.05) is 5.56 Å². The van der Waals surface area contributed by atoms with E-state index in [-0.39, 0.29) is 12.5 Å². The molecule has 1 amide bonds. The second-order valence-corrected chi connectivity index (χ2v) is 6.60. The van der Waals surface area contributed by atoms with Crippen molar-refractivity contribution in [3.63, 3.8) is 0 Å². The van der Waals surface area contributed by atoms with Crippen LogP contribution < -0.4 is 14.4 Å². The first-order valence-electron chi connectivity index (χ1n) is 8.84. The van der Waals surface area contributed by atoms with Crippen LogP contribution in [0.4, 0.5) is 0 Å². The van der Waals surface area contributed by atoms with Gasteiger partial charge in [0.15, 0.2) is 11.5 Å². The van der Waals surface area contributed by atoms with Crippen molar-refractivity contribution in [3.05, 3.63) is 60.2 Å². The van der Waals surface area contributed by atoms with Gasteiger partial charge in [0.05, 0.1) is 26.2 Å². The van der Waals surface area contributed by atoms with Crippen LogP contribution in [-0.2, 0) is 11.3 Å². The van der Waals surface area contributed by atoms with E-state index in [0.717, 1.165) is 32.7 Å². The maximum Gasteiger partial charge on any atom is 0.267 e. The number of carbonyl (C=O) groups is 1. The third-order valence-electron chi connectivity index (χ3n) is 4.86. The molecule has 0 unspecified atom stereocenters. The van der Waals surface area contributed by atoms with Gasteiger partial charge in [-0.05, 0) is 12.1 Å². The Bertz CT molecular complexity index is 727. The predicted octanol–water partition coefficient (Wildman–Crippen LogP) is 0.754. The van der Waals surface area contributed by atoms with Gasteiger partial charge < -0.3 is 19.3 Å². The molecule has 1 N–H and O–H groups in total. The second-order valence-electron chi connectivity index (χ2n) is 6.60. The molecule has 0 saturated carbocycles. The van der Waals surface area contributed by atoms with Gasteiger partial charge in [-0.25, -0.2) is 0 Å². The van der Waals surface area contributed by atoms with E-state index in [9.17, 15) is 4.79 Å². The van der Waals surface area contributed by atoms with Crippen LogP contribution in [0.3, 0.4) is 0 Å². The zero-order valence-electron chi connectivity index (χ0n) is 14.2. The Morgan fingerprint density at radius 3 is 2.44 bits per heavy atom. The molecule has 0 radical (unpaired) electrons. The minimum absolute atomic E-state index is 0.0354. The highest BCUT2D eigenvalue weighted by Crippen LogP contribution is 2.31. The van der Waals surface area contributed by atoms with Gasteiger partial charge in [-0.15, -0.1) is 0 Å². The number of amides is 1. The molecule has 2 aliphatic rings. The molecule has 1 atom stereocenters. The molecule has 1 saturated heterocycles. The summed E-state index contributed by atoms with van der Waals surface area (Å²) < 4.78 is 11.5. The van der Waals surface area contributed by atoms with E-state index in [1.54, 1.807) is 0 Å². The zero-order chi connectivity index (χ0) is 17.1. The molecule has 5 heteroatoms. The average molecular weight is 339 g/mol. The molecule has 2 aromatic rings. The maximum absolute atomic E-state index is 12.7. The van der Waals surface area contributed by atoms with Crippen molar-refractivity contribution in [3.8, 4) is 11.5 Å². The van der Waals surface area contributed by atoms with Crippen molar-refractivity contribution in [2.75, 3.05) is 32.8 Å². The number of carbonyl (C=O) groups excluding carboxylic acids is 1. The van der Waals surface area contributed by atoms with Crippen LogP contribution in [0.2, 0.25) is 0 Å². The van der Waals surface area contributed by atoms with Crippen molar-refractivity contribution in [2.45, 2.75) is 12.6 Å². The molecule has 25 heavy (non-hydrogen) atoms.